The van der Waals surface area contributed by atoms with Crippen LogP contribution in [0, 0.1) is 0 Å². The quantitative estimate of drug-likeness (QED) is 0.603. The monoisotopic (exact) mass is 315 g/mol. The number of pyridine rings is 3. The van der Waals surface area contributed by atoms with Crippen molar-refractivity contribution in [3.63, 3.8) is 0 Å². The van der Waals surface area contributed by atoms with Crippen molar-refractivity contribution < 1.29 is 13.7 Å². The van der Waals surface area contributed by atoms with E-state index in [0.29, 0.717) is 0 Å². The highest BCUT2D eigenvalue weighted by molar-refractivity contribution is 6.87. The summed E-state index contributed by atoms with van der Waals surface area (Å²) in [6.45, 7) is 0. The average molecular weight is 315 g/mol. The Hall–Kier alpha value is -2.48. The van der Waals surface area contributed by atoms with E-state index in [4.69, 9.17) is 13.7 Å². The first-order chi connectivity index (χ1) is 11.9. The first-order valence-corrected chi connectivity index (χ1v) is 7.56. The van der Waals surface area contributed by atoms with Gasteiger partial charge in [0.2, 0.25) is 0 Å². The average Bonchev–Trinajstić information content (AvgIpc) is 2.70. The molecule has 114 valence electrons. The summed E-state index contributed by atoms with van der Waals surface area (Å²) in [6, 6.07) is 11.2. The van der Waals surface area contributed by atoms with Crippen LogP contribution in [-0.4, -0.2) is 36.3 Å². The molecule has 9 heteroatoms. The maximum Gasteiger partial charge on any atom is 0.467 e. The third-order valence-corrected chi connectivity index (χ3v) is 3.68. The zero-order valence-corrected chi connectivity index (χ0v) is 12.7. The van der Waals surface area contributed by atoms with E-state index >= 15 is 0 Å². The van der Waals surface area contributed by atoms with Gasteiger partial charge in [0.05, 0.1) is 0 Å². The summed E-state index contributed by atoms with van der Waals surface area (Å²) in [5.74, 6) is 0. The highest BCUT2D eigenvalue weighted by Crippen LogP contribution is 2.09. The molecule has 0 unspecified atom stereocenters. The molecule has 0 amide bonds. The van der Waals surface area contributed by atoms with Gasteiger partial charge in [0.25, 0.3) is 0 Å². The first kappa shape index (κ1) is 15.1. The molecule has 0 N–H and O–H groups in total. The van der Waals surface area contributed by atoms with E-state index in [-0.39, 0.29) is 0 Å². The molecule has 1 aliphatic heterocycles. The molecule has 4 rings (SSSR count). The van der Waals surface area contributed by atoms with Crippen molar-refractivity contribution in [1.82, 2.24) is 15.0 Å². The van der Waals surface area contributed by atoms with Crippen molar-refractivity contribution in [2.24, 2.45) is 0 Å². The molecular weight excluding hydrogens is 303 g/mol. The Morgan fingerprint density at radius 1 is 0.458 bits per heavy atom. The minimum atomic E-state index is -0.557. The minimum Gasteiger partial charge on any atom is -0.445 e. The van der Waals surface area contributed by atoms with Gasteiger partial charge in [0.1, 0.15) is 0 Å². The lowest BCUT2D eigenvalue weighted by Gasteiger charge is -2.31. The topological polar surface area (TPSA) is 66.4 Å². The highest BCUT2D eigenvalue weighted by Gasteiger charge is 2.43. The molecule has 1 aliphatic rings. The Morgan fingerprint density at radius 2 is 0.708 bits per heavy atom. The SMILES string of the molecule is c1cc(B2OB(c3ccncc3)OB(c3ccncc3)O2)ccn1. The predicted octanol–water partition coefficient (Wildman–Crippen LogP) is -0.579. The summed E-state index contributed by atoms with van der Waals surface area (Å²) >= 11 is 0. The van der Waals surface area contributed by atoms with Crippen LogP contribution in [0.1, 0.15) is 0 Å². The molecule has 0 atom stereocenters. The summed E-state index contributed by atoms with van der Waals surface area (Å²) in [5.41, 5.74) is 2.64. The first-order valence-electron chi connectivity index (χ1n) is 7.56. The van der Waals surface area contributed by atoms with Crippen molar-refractivity contribution in [2.75, 3.05) is 0 Å². The second-order valence-corrected chi connectivity index (χ2v) is 5.25. The van der Waals surface area contributed by atoms with Gasteiger partial charge in [-0.25, -0.2) is 0 Å². The Labute approximate surface area is 140 Å². The van der Waals surface area contributed by atoms with Crippen LogP contribution in [0.15, 0.2) is 73.6 Å². The summed E-state index contributed by atoms with van der Waals surface area (Å²) in [5, 5.41) is 0. The molecule has 3 aromatic heterocycles. The fraction of sp³-hybridized carbons (Fsp3) is 0. The summed E-state index contributed by atoms with van der Waals surface area (Å²) in [4.78, 5) is 12.1. The Kier molecular flexibility index (Phi) is 4.37. The van der Waals surface area contributed by atoms with Crippen LogP contribution < -0.4 is 16.4 Å². The largest absolute Gasteiger partial charge is 0.467 e. The fourth-order valence-electron chi connectivity index (χ4n) is 2.47. The van der Waals surface area contributed by atoms with E-state index in [1.165, 1.54) is 0 Å². The van der Waals surface area contributed by atoms with Crippen LogP contribution in [0.5, 0.6) is 0 Å². The van der Waals surface area contributed by atoms with Gasteiger partial charge in [-0.05, 0) is 52.8 Å². The molecule has 3 aromatic rings. The maximum atomic E-state index is 5.99. The zero-order chi connectivity index (χ0) is 16.2. The Balaban J connectivity index is 1.66. The zero-order valence-electron chi connectivity index (χ0n) is 12.7. The van der Waals surface area contributed by atoms with Crippen molar-refractivity contribution in [3.05, 3.63) is 73.6 Å². The van der Waals surface area contributed by atoms with Gasteiger partial charge in [0, 0.05) is 37.2 Å². The molecule has 1 saturated heterocycles. The second-order valence-electron chi connectivity index (χ2n) is 5.25. The van der Waals surface area contributed by atoms with E-state index in [1.807, 2.05) is 36.4 Å². The minimum absolute atomic E-state index is 0.557. The second kappa shape index (κ2) is 6.96. The Bertz CT molecular complexity index is 669. The molecule has 0 saturated carbocycles. The van der Waals surface area contributed by atoms with Gasteiger partial charge in [0.15, 0.2) is 0 Å². The smallest absolute Gasteiger partial charge is 0.445 e. The lowest BCUT2D eigenvalue weighted by molar-refractivity contribution is 0.308. The maximum absolute atomic E-state index is 5.99. The summed E-state index contributed by atoms with van der Waals surface area (Å²) < 4.78 is 18.0. The molecule has 0 aliphatic carbocycles. The Morgan fingerprint density at radius 3 is 0.958 bits per heavy atom. The van der Waals surface area contributed by atoms with E-state index in [0.717, 1.165) is 16.4 Å². The van der Waals surface area contributed by atoms with Crippen LogP contribution in [-0.2, 0) is 13.7 Å². The predicted molar refractivity (Wildman–Crippen MR) is 92.1 cm³/mol. The highest BCUT2D eigenvalue weighted by atomic mass is 16.7. The molecule has 0 radical (unpaired) electrons. The van der Waals surface area contributed by atoms with Crippen molar-refractivity contribution >= 4 is 37.7 Å². The van der Waals surface area contributed by atoms with Gasteiger partial charge in [-0.3, -0.25) is 15.0 Å². The fourth-order valence-corrected chi connectivity index (χ4v) is 2.47. The molecule has 0 spiro atoms. The normalized spacial score (nSPS) is 14.8. The third-order valence-electron chi connectivity index (χ3n) is 3.68. The molecule has 24 heavy (non-hydrogen) atoms. The number of hydrogen-bond donors (Lipinski definition) is 0. The third kappa shape index (κ3) is 3.23. The number of hydrogen-bond acceptors (Lipinski definition) is 6. The van der Waals surface area contributed by atoms with Crippen molar-refractivity contribution in [3.8, 4) is 0 Å². The van der Waals surface area contributed by atoms with Gasteiger partial charge >= 0.3 is 21.4 Å². The van der Waals surface area contributed by atoms with Gasteiger partial charge in [-0.2, -0.15) is 0 Å². The van der Waals surface area contributed by atoms with Gasteiger partial charge in [-0.1, -0.05) is 0 Å². The number of nitrogens with zero attached hydrogens (tertiary/aromatic N) is 3. The summed E-state index contributed by atoms with van der Waals surface area (Å²) in [6.07, 6.45) is 10.3. The van der Waals surface area contributed by atoms with E-state index in [1.54, 1.807) is 37.2 Å². The summed E-state index contributed by atoms with van der Waals surface area (Å²) in [7, 11) is -1.67. The molecule has 1 fully saturated rings. The van der Waals surface area contributed by atoms with Gasteiger partial charge in [-0.15, -0.1) is 0 Å². The van der Waals surface area contributed by atoms with Crippen molar-refractivity contribution in [1.29, 1.82) is 0 Å². The van der Waals surface area contributed by atoms with Crippen molar-refractivity contribution in [2.45, 2.75) is 0 Å². The molecular formula is C15H12B3N3O3. The van der Waals surface area contributed by atoms with E-state index in [2.05, 4.69) is 15.0 Å². The molecule has 0 bridgehead atoms. The van der Waals surface area contributed by atoms with Crippen LogP contribution in [0.2, 0.25) is 0 Å². The van der Waals surface area contributed by atoms with Gasteiger partial charge < -0.3 is 13.7 Å². The molecule has 0 aromatic carbocycles. The van der Waals surface area contributed by atoms with Crippen LogP contribution in [0.4, 0.5) is 0 Å². The van der Waals surface area contributed by atoms with E-state index in [9.17, 15) is 0 Å². The molecule has 4 heterocycles. The van der Waals surface area contributed by atoms with E-state index < -0.39 is 21.4 Å². The van der Waals surface area contributed by atoms with Crippen LogP contribution in [0.25, 0.3) is 0 Å². The number of aromatic nitrogens is 3. The molecule has 6 nitrogen and oxygen atoms in total. The standard InChI is InChI=1S/C15H12B3N3O3/c1-7-19-8-2-13(1)16-22-17(14-3-9-20-10-4-14)24-18(23-16)15-5-11-21-12-6-15/h1-12H. The lowest BCUT2D eigenvalue weighted by Crippen LogP contribution is -2.61. The van der Waals surface area contributed by atoms with Crippen LogP contribution >= 0.6 is 0 Å². The van der Waals surface area contributed by atoms with Crippen LogP contribution in [0.3, 0.4) is 0 Å². The number of rotatable bonds is 3. The lowest BCUT2D eigenvalue weighted by atomic mass is 9.62.